The third-order valence-corrected chi connectivity index (χ3v) is 1.82. The van der Waals surface area contributed by atoms with E-state index < -0.39 is 0 Å². The summed E-state index contributed by atoms with van der Waals surface area (Å²) in [5, 5.41) is 3.29. The molecule has 0 fully saturated rings. The summed E-state index contributed by atoms with van der Waals surface area (Å²) in [6, 6.07) is 7.99. The molecule has 0 aliphatic heterocycles. The van der Waals surface area contributed by atoms with E-state index in [9.17, 15) is 0 Å². The summed E-state index contributed by atoms with van der Waals surface area (Å²) >= 11 is 0. The van der Waals surface area contributed by atoms with Crippen molar-refractivity contribution in [1.82, 2.24) is 0 Å². The van der Waals surface area contributed by atoms with E-state index in [0.29, 0.717) is 6.61 Å². The average Bonchev–Trinajstić information content (AvgIpc) is 2.19. The molecule has 2 heteroatoms. The van der Waals surface area contributed by atoms with Gasteiger partial charge in [0, 0.05) is 18.3 Å². The molecule has 2 nitrogen and oxygen atoms in total. The van der Waals surface area contributed by atoms with Crippen LogP contribution in [0.15, 0.2) is 36.9 Å². The van der Waals surface area contributed by atoms with Gasteiger partial charge >= 0.3 is 0 Å². The lowest BCUT2D eigenvalue weighted by molar-refractivity contribution is 0.340. The van der Waals surface area contributed by atoms with E-state index >= 15 is 0 Å². The van der Waals surface area contributed by atoms with Crippen LogP contribution in [0.3, 0.4) is 0 Å². The second-order valence-corrected chi connectivity index (χ2v) is 2.96. The van der Waals surface area contributed by atoms with Gasteiger partial charge in [0.05, 0.1) is 6.61 Å². The van der Waals surface area contributed by atoms with Crippen molar-refractivity contribution in [2.45, 2.75) is 13.3 Å². The minimum atomic E-state index is 0.704. The van der Waals surface area contributed by atoms with Crippen LogP contribution in [0.4, 0.5) is 5.69 Å². The van der Waals surface area contributed by atoms with Gasteiger partial charge in [0.1, 0.15) is 5.75 Å². The van der Waals surface area contributed by atoms with Crippen molar-refractivity contribution < 1.29 is 4.74 Å². The maximum absolute atomic E-state index is 5.39. The molecule has 0 aliphatic rings. The fourth-order valence-corrected chi connectivity index (χ4v) is 1.18. The molecule has 1 N–H and O–H groups in total. The Kier molecular flexibility index (Phi) is 4.62. The number of rotatable bonds is 6. The molecule has 0 amide bonds. The van der Waals surface area contributed by atoms with Gasteiger partial charge in [-0.15, -0.1) is 6.58 Å². The average molecular weight is 191 g/mol. The molecule has 76 valence electrons. The highest BCUT2D eigenvalue weighted by molar-refractivity contribution is 5.48. The predicted octanol–water partition coefficient (Wildman–Crippen LogP) is 3.07. The van der Waals surface area contributed by atoms with Crippen LogP contribution in [-0.2, 0) is 0 Å². The second kappa shape index (κ2) is 6.08. The number of anilines is 1. The van der Waals surface area contributed by atoms with E-state index in [0.717, 1.165) is 24.4 Å². The van der Waals surface area contributed by atoms with E-state index in [1.54, 1.807) is 0 Å². The minimum absolute atomic E-state index is 0.704. The molecular weight excluding hydrogens is 174 g/mol. The Labute approximate surface area is 85.6 Å². The molecule has 0 aromatic heterocycles. The maximum atomic E-state index is 5.39. The topological polar surface area (TPSA) is 21.3 Å². The van der Waals surface area contributed by atoms with Gasteiger partial charge in [0.2, 0.25) is 0 Å². The Bertz CT molecular complexity index is 283. The summed E-state index contributed by atoms with van der Waals surface area (Å²) in [7, 11) is 0. The van der Waals surface area contributed by atoms with E-state index in [1.807, 2.05) is 37.3 Å². The molecule has 1 rings (SSSR count). The highest BCUT2D eigenvalue weighted by Crippen LogP contribution is 2.16. The van der Waals surface area contributed by atoms with Crippen molar-refractivity contribution in [3.05, 3.63) is 36.9 Å². The van der Waals surface area contributed by atoms with Gasteiger partial charge in [-0.2, -0.15) is 0 Å². The normalized spacial score (nSPS) is 9.50. The summed E-state index contributed by atoms with van der Waals surface area (Å²) in [5.41, 5.74) is 1.10. The van der Waals surface area contributed by atoms with Crippen LogP contribution >= 0.6 is 0 Å². The summed E-state index contributed by atoms with van der Waals surface area (Å²) in [6.07, 6.45) is 2.87. The Morgan fingerprint density at radius 3 is 3.07 bits per heavy atom. The Hall–Kier alpha value is -1.44. The second-order valence-electron chi connectivity index (χ2n) is 2.96. The summed E-state index contributed by atoms with van der Waals surface area (Å²) in [5.74, 6) is 0.913. The van der Waals surface area contributed by atoms with Crippen molar-refractivity contribution >= 4 is 5.69 Å². The van der Waals surface area contributed by atoms with E-state index in [2.05, 4.69) is 11.9 Å². The summed E-state index contributed by atoms with van der Waals surface area (Å²) < 4.78 is 5.39. The fraction of sp³-hybridized carbons (Fsp3) is 0.333. The molecule has 0 spiro atoms. The molecule has 0 bridgehead atoms. The SMILES string of the molecule is C=CCCNc1cccc(OCC)c1. The van der Waals surface area contributed by atoms with E-state index in [1.165, 1.54) is 0 Å². The van der Waals surface area contributed by atoms with Crippen molar-refractivity contribution in [2.75, 3.05) is 18.5 Å². The van der Waals surface area contributed by atoms with Gasteiger partial charge in [-0.3, -0.25) is 0 Å². The van der Waals surface area contributed by atoms with Crippen LogP contribution in [0, 0.1) is 0 Å². The van der Waals surface area contributed by atoms with Gasteiger partial charge in [-0.25, -0.2) is 0 Å². The summed E-state index contributed by atoms with van der Waals surface area (Å²) in [4.78, 5) is 0. The zero-order valence-corrected chi connectivity index (χ0v) is 8.62. The molecule has 0 saturated heterocycles. The fourth-order valence-electron chi connectivity index (χ4n) is 1.18. The molecule has 0 radical (unpaired) electrons. The van der Waals surface area contributed by atoms with Crippen LogP contribution in [0.1, 0.15) is 13.3 Å². The first-order valence-corrected chi connectivity index (χ1v) is 4.94. The molecule has 1 aromatic carbocycles. The van der Waals surface area contributed by atoms with Crippen LogP contribution < -0.4 is 10.1 Å². The minimum Gasteiger partial charge on any atom is -0.494 e. The highest BCUT2D eigenvalue weighted by Gasteiger charge is 1.94. The molecular formula is C12H17NO. The monoisotopic (exact) mass is 191 g/mol. The Morgan fingerprint density at radius 2 is 2.36 bits per heavy atom. The number of hydrogen-bond donors (Lipinski definition) is 1. The number of nitrogens with one attached hydrogen (secondary N) is 1. The molecule has 0 aliphatic carbocycles. The molecule has 0 unspecified atom stereocenters. The molecule has 1 aromatic rings. The van der Waals surface area contributed by atoms with Crippen molar-refractivity contribution in [1.29, 1.82) is 0 Å². The lowest BCUT2D eigenvalue weighted by Gasteiger charge is -2.07. The van der Waals surface area contributed by atoms with Gasteiger partial charge in [-0.1, -0.05) is 12.1 Å². The standard InChI is InChI=1S/C12H17NO/c1-3-5-9-13-11-7-6-8-12(10-11)14-4-2/h3,6-8,10,13H,1,4-5,9H2,2H3. The van der Waals surface area contributed by atoms with E-state index in [-0.39, 0.29) is 0 Å². The number of hydrogen-bond acceptors (Lipinski definition) is 2. The van der Waals surface area contributed by atoms with Crippen molar-refractivity contribution in [3.8, 4) is 5.75 Å². The zero-order valence-electron chi connectivity index (χ0n) is 8.62. The van der Waals surface area contributed by atoms with E-state index in [4.69, 9.17) is 4.74 Å². The molecule has 0 atom stereocenters. The quantitative estimate of drug-likeness (QED) is 0.551. The highest BCUT2D eigenvalue weighted by atomic mass is 16.5. The third-order valence-electron chi connectivity index (χ3n) is 1.82. The lowest BCUT2D eigenvalue weighted by Crippen LogP contribution is -2.00. The number of benzene rings is 1. The smallest absolute Gasteiger partial charge is 0.121 e. The maximum Gasteiger partial charge on any atom is 0.121 e. The third kappa shape index (κ3) is 3.52. The van der Waals surface area contributed by atoms with Crippen LogP contribution in [0.5, 0.6) is 5.75 Å². The number of ether oxygens (including phenoxy) is 1. The predicted molar refractivity (Wildman–Crippen MR) is 60.9 cm³/mol. The molecule has 0 saturated carbocycles. The molecule has 14 heavy (non-hydrogen) atoms. The first-order valence-electron chi connectivity index (χ1n) is 4.94. The van der Waals surface area contributed by atoms with Crippen LogP contribution in [-0.4, -0.2) is 13.2 Å². The van der Waals surface area contributed by atoms with Crippen molar-refractivity contribution in [2.24, 2.45) is 0 Å². The van der Waals surface area contributed by atoms with Gasteiger partial charge in [-0.05, 0) is 25.5 Å². The van der Waals surface area contributed by atoms with Gasteiger partial charge in [0.25, 0.3) is 0 Å². The first kappa shape index (κ1) is 10.6. The molecule has 0 heterocycles. The van der Waals surface area contributed by atoms with Gasteiger partial charge in [0.15, 0.2) is 0 Å². The Morgan fingerprint density at radius 1 is 1.50 bits per heavy atom. The lowest BCUT2D eigenvalue weighted by atomic mass is 10.3. The Balaban J connectivity index is 2.50. The van der Waals surface area contributed by atoms with Crippen molar-refractivity contribution in [3.63, 3.8) is 0 Å². The van der Waals surface area contributed by atoms with Gasteiger partial charge < -0.3 is 10.1 Å². The van der Waals surface area contributed by atoms with Crippen LogP contribution in [0.2, 0.25) is 0 Å². The first-order chi connectivity index (χ1) is 6.86. The largest absolute Gasteiger partial charge is 0.494 e. The van der Waals surface area contributed by atoms with Crippen LogP contribution in [0.25, 0.3) is 0 Å². The zero-order chi connectivity index (χ0) is 10.2. The summed E-state index contributed by atoms with van der Waals surface area (Å²) in [6.45, 7) is 7.28.